The molecule has 0 fully saturated rings. The van der Waals surface area contributed by atoms with Crippen molar-refractivity contribution in [3.63, 3.8) is 0 Å². The number of amides is 1. The summed E-state index contributed by atoms with van der Waals surface area (Å²) in [6.45, 7) is 0. The summed E-state index contributed by atoms with van der Waals surface area (Å²) in [5, 5.41) is 4.90. The number of hydrogen-bond donors (Lipinski definition) is 1. The molecule has 5 nitrogen and oxygen atoms in total. The molecule has 0 spiro atoms. The fourth-order valence-electron chi connectivity index (χ4n) is 3.62. The lowest BCUT2D eigenvalue weighted by atomic mass is 10.2. The fourth-order valence-corrected chi connectivity index (χ4v) is 6.19. The lowest BCUT2D eigenvalue weighted by molar-refractivity contribution is 0.102. The Morgan fingerprint density at radius 1 is 1.12 bits per heavy atom. The highest BCUT2D eigenvalue weighted by molar-refractivity contribution is 8.00. The normalized spacial score (nSPS) is 15.0. The molecule has 0 bridgehead atoms. The number of hydrogen-bond acceptors (Lipinski definition) is 5. The van der Waals surface area contributed by atoms with Crippen molar-refractivity contribution in [2.75, 3.05) is 16.8 Å². The van der Waals surface area contributed by atoms with Crippen molar-refractivity contribution in [2.45, 2.75) is 16.1 Å². The summed E-state index contributed by atoms with van der Waals surface area (Å²) in [6.07, 6.45) is 0. The molecule has 0 saturated carbocycles. The van der Waals surface area contributed by atoms with Crippen LogP contribution in [0.1, 0.15) is 16.4 Å². The summed E-state index contributed by atoms with van der Waals surface area (Å²) in [7, 11) is 0. The maximum Gasteiger partial charge on any atom is 0.262 e. The zero-order chi connectivity index (χ0) is 22.1. The van der Waals surface area contributed by atoms with E-state index in [0.29, 0.717) is 21.7 Å². The van der Waals surface area contributed by atoms with Crippen molar-refractivity contribution < 1.29 is 4.79 Å². The van der Waals surface area contributed by atoms with Gasteiger partial charge in [0, 0.05) is 27.0 Å². The van der Waals surface area contributed by atoms with Crippen LogP contribution in [-0.4, -0.2) is 27.0 Å². The largest absolute Gasteiger partial charge is 0.321 e. The lowest BCUT2D eigenvalue weighted by Gasteiger charge is -2.15. The molecule has 2 heterocycles. The Morgan fingerprint density at radius 2 is 1.94 bits per heavy atom. The Bertz CT molecular complexity index is 1390. The molecule has 3 aromatic carbocycles. The Labute approximate surface area is 198 Å². The van der Waals surface area contributed by atoms with E-state index in [2.05, 4.69) is 10.3 Å². The first kappa shape index (κ1) is 21.1. The molecule has 0 aliphatic carbocycles. The number of rotatable bonds is 5. The Morgan fingerprint density at radius 3 is 2.81 bits per heavy atom. The van der Waals surface area contributed by atoms with E-state index in [4.69, 9.17) is 11.6 Å². The highest BCUT2D eigenvalue weighted by Gasteiger charge is 2.26. The van der Waals surface area contributed by atoms with Crippen LogP contribution in [0.5, 0.6) is 0 Å². The number of nitrogens with zero attached hydrogens (tertiary/aromatic N) is 2. The van der Waals surface area contributed by atoms with Gasteiger partial charge in [-0.1, -0.05) is 53.7 Å². The second-order valence-electron chi connectivity index (χ2n) is 7.32. The minimum absolute atomic E-state index is 0.00347. The molecule has 1 aromatic heterocycles. The van der Waals surface area contributed by atoms with Gasteiger partial charge in [-0.25, -0.2) is 4.98 Å². The molecule has 1 aliphatic heterocycles. The zero-order valence-corrected chi connectivity index (χ0v) is 19.2. The van der Waals surface area contributed by atoms with Gasteiger partial charge in [0.15, 0.2) is 5.16 Å². The van der Waals surface area contributed by atoms with Crippen molar-refractivity contribution in [1.29, 1.82) is 0 Å². The maximum atomic E-state index is 13.1. The summed E-state index contributed by atoms with van der Waals surface area (Å²) >= 11 is 9.25. The quantitative estimate of drug-likeness (QED) is 0.292. The Balaban J connectivity index is 1.36. The van der Waals surface area contributed by atoms with Crippen LogP contribution in [-0.2, 0) is 0 Å². The predicted octanol–water partition coefficient (Wildman–Crippen LogP) is 5.74. The van der Waals surface area contributed by atoms with Crippen LogP contribution >= 0.6 is 35.1 Å². The minimum Gasteiger partial charge on any atom is -0.321 e. The molecule has 160 valence electrons. The van der Waals surface area contributed by atoms with E-state index in [9.17, 15) is 9.59 Å². The fraction of sp³-hybridized carbons (Fsp3) is 0.125. The monoisotopic (exact) mass is 479 g/mol. The number of halogens is 1. The molecule has 0 saturated heterocycles. The number of benzene rings is 3. The van der Waals surface area contributed by atoms with Gasteiger partial charge in [-0.15, -0.1) is 11.8 Å². The first-order valence-corrected chi connectivity index (χ1v) is 12.4. The third-order valence-corrected chi connectivity index (χ3v) is 7.75. The maximum absolute atomic E-state index is 13.1. The van der Waals surface area contributed by atoms with E-state index in [0.717, 1.165) is 27.0 Å². The number of carbonyl (C=O) groups is 1. The molecule has 8 heteroatoms. The van der Waals surface area contributed by atoms with Crippen LogP contribution in [0.3, 0.4) is 0 Å². The van der Waals surface area contributed by atoms with E-state index in [1.54, 1.807) is 47.8 Å². The number of nitrogens with one attached hydrogen (secondary N) is 1. The standard InChI is InChI=1S/C24H18ClN3O2S2/c25-16-7-5-6-15(12-16)22(29)26-20-10-3-4-11-21(20)31-13-17-14-32-24-27-19-9-2-1-8-18(19)23(30)28(17)24/h1-12,17H,13-14H2,(H,26,29)/t17-/m0/s1. The van der Waals surface area contributed by atoms with Crippen LogP contribution < -0.4 is 10.9 Å². The number of fused-ring (bicyclic) bond motifs is 2. The number of para-hydroxylation sites is 2. The first-order valence-electron chi connectivity index (χ1n) is 10.0. The second kappa shape index (κ2) is 9.02. The molecule has 1 N–H and O–H groups in total. The Hall–Kier alpha value is -2.74. The van der Waals surface area contributed by atoms with E-state index < -0.39 is 0 Å². The van der Waals surface area contributed by atoms with Gasteiger partial charge in [0.25, 0.3) is 11.5 Å². The molecule has 4 aromatic rings. The summed E-state index contributed by atoms with van der Waals surface area (Å²) < 4.78 is 1.81. The smallest absolute Gasteiger partial charge is 0.262 e. The van der Waals surface area contributed by atoms with Crippen LogP contribution in [0.2, 0.25) is 5.02 Å². The number of anilines is 1. The first-order chi connectivity index (χ1) is 15.6. The van der Waals surface area contributed by atoms with E-state index in [-0.39, 0.29) is 17.5 Å². The van der Waals surface area contributed by atoms with Crippen molar-refractivity contribution in [1.82, 2.24) is 9.55 Å². The van der Waals surface area contributed by atoms with Crippen LogP contribution in [0, 0.1) is 0 Å². The van der Waals surface area contributed by atoms with Crippen molar-refractivity contribution in [3.8, 4) is 0 Å². The third-order valence-electron chi connectivity index (χ3n) is 5.20. The number of aromatic nitrogens is 2. The van der Waals surface area contributed by atoms with Crippen molar-refractivity contribution in [3.05, 3.63) is 93.7 Å². The summed E-state index contributed by atoms with van der Waals surface area (Å²) in [5.74, 6) is 1.28. The summed E-state index contributed by atoms with van der Waals surface area (Å²) in [6, 6.07) is 22.0. The zero-order valence-electron chi connectivity index (χ0n) is 16.8. The predicted molar refractivity (Wildman–Crippen MR) is 132 cm³/mol. The molecule has 1 aliphatic rings. The van der Waals surface area contributed by atoms with E-state index in [1.807, 2.05) is 53.1 Å². The molecule has 0 unspecified atom stereocenters. The van der Waals surface area contributed by atoms with Crippen molar-refractivity contribution >= 4 is 57.6 Å². The van der Waals surface area contributed by atoms with Gasteiger partial charge in [0.1, 0.15) is 0 Å². The average Bonchev–Trinajstić information content (AvgIpc) is 3.22. The van der Waals surface area contributed by atoms with E-state index >= 15 is 0 Å². The van der Waals surface area contributed by atoms with Gasteiger partial charge in [-0.2, -0.15) is 0 Å². The topological polar surface area (TPSA) is 64.0 Å². The molecular weight excluding hydrogens is 462 g/mol. The highest BCUT2D eigenvalue weighted by atomic mass is 35.5. The molecule has 32 heavy (non-hydrogen) atoms. The van der Waals surface area contributed by atoms with Gasteiger partial charge < -0.3 is 5.32 Å². The van der Waals surface area contributed by atoms with Gasteiger partial charge in [-0.05, 0) is 42.5 Å². The van der Waals surface area contributed by atoms with Gasteiger partial charge in [0.05, 0.1) is 22.6 Å². The summed E-state index contributed by atoms with van der Waals surface area (Å²) in [5.41, 5.74) is 1.97. The Kier molecular flexibility index (Phi) is 5.95. The van der Waals surface area contributed by atoms with Crippen LogP contribution in [0.4, 0.5) is 5.69 Å². The third kappa shape index (κ3) is 4.16. The minimum atomic E-state index is -0.214. The second-order valence-corrected chi connectivity index (χ2v) is 9.81. The van der Waals surface area contributed by atoms with Crippen molar-refractivity contribution in [2.24, 2.45) is 0 Å². The van der Waals surface area contributed by atoms with Crippen LogP contribution in [0.25, 0.3) is 10.9 Å². The van der Waals surface area contributed by atoms with E-state index in [1.165, 1.54) is 0 Å². The van der Waals surface area contributed by atoms with Crippen LogP contribution in [0.15, 0.2) is 87.6 Å². The van der Waals surface area contributed by atoms with Gasteiger partial charge >= 0.3 is 0 Å². The highest BCUT2D eigenvalue weighted by Crippen LogP contribution is 2.36. The lowest BCUT2D eigenvalue weighted by Crippen LogP contribution is -2.26. The summed E-state index contributed by atoms with van der Waals surface area (Å²) in [4.78, 5) is 31.4. The van der Waals surface area contributed by atoms with Gasteiger partial charge in [0.2, 0.25) is 0 Å². The molecule has 5 rings (SSSR count). The molecular formula is C24H18ClN3O2S2. The molecule has 1 atom stereocenters. The number of thioether (sulfide) groups is 2. The van der Waals surface area contributed by atoms with Gasteiger partial charge in [-0.3, -0.25) is 14.2 Å². The number of carbonyl (C=O) groups excluding carboxylic acids is 1. The molecule has 1 amide bonds. The molecule has 0 radical (unpaired) electrons. The SMILES string of the molecule is O=C(Nc1ccccc1SC[C@H]1CSc2nc3ccccc3c(=O)n21)c1cccc(Cl)c1. The average molecular weight is 480 g/mol.